The van der Waals surface area contributed by atoms with Crippen LogP contribution in [0.5, 0.6) is 11.5 Å². The Morgan fingerprint density at radius 1 is 1.37 bits per heavy atom. The van der Waals surface area contributed by atoms with Crippen molar-refractivity contribution in [2.45, 2.75) is 31.9 Å². The van der Waals surface area contributed by atoms with Crippen molar-refractivity contribution in [1.29, 1.82) is 0 Å². The lowest BCUT2D eigenvalue weighted by Gasteiger charge is -2.11. The quantitative estimate of drug-likeness (QED) is 0.635. The number of aromatic nitrogens is 3. The lowest BCUT2D eigenvalue weighted by molar-refractivity contribution is 0.0946. The van der Waals surface area contributed by atoms with Gasteiger partial charge >= 0.3 is 0 Å². The normalized spacial score (nSPS) is 13.4. The molecule has 2 aromatic heterocycles. The molecule has 0 unspecified atom stereocenters. The van der Waals surface area contributed by atoms with Gasteiger partial charge in [-0.25, -0.2) is 4.98 Å². The first-order valence-corrected chi connectivity index (χ1v) is 9.46. The maximum atomic E-state index is 12.4. The number of benzene rings is 1. The summed E-state index contributed by atoms with van der Waals surface area (Å²) in [6.07, 6.45) is 2.20. The van der Waals surface area contributed by atoms with Crippen LogP contribution >= 0.6 is 11.3 Å². The van der Waals surface area contributed by atoms with Gasteiger partial charge in [-0.1, -0.05) is 5.16 Å². The van der Waals surface area contributed by atoms with E-state index in [-0.39, 0.29) is 12.5 Å². The second-order valence-electron chi connectivity index (χ2n) is 6.14. The van der Waals surface area contributed by atoms with E-state index in [1.807, 2.05) is 5.38 Å². The molecule has 1 N–H and O–H groups in total. The first kappa shape index (κ1) is 17.5. The van der Waals surface area contributed by atoms with Gasteiger partial charge in [0.25, 0.3) is 5.91 Å². The van der Waals surface area contributed by atoms with E-state index in [0.717, 1.165) is 24.4 Å². The molecule has 0 radical (unpaired) electrons. The Balaban J connectivity index is 1.37. The smallest absolute Gasteiger partial charge is 0.251 e. The molecule has 0 atom stereocenters. The van der Waals surface area contributed by atoms with E-state index in [0.29, 0.717) is 35.5 Å². The van der Waals surface area contributed by atoms with Crippen molar-refractivity contribution in [3.05, 3.63) is 52.1 Å². The first-order valence-electron chi connectivity index (χ1n) is 8.51. The summed E-state index contributed by atoms with van der Waals surface area (Å²) in [5.41, 5.74) is 3.05. The Labute approximate surface area is 159 Å². The van der Waals surface area contributed by atoms with E-state index in [1.165, 1.54) is 18.4 Å². The molecule has 140 valence electrons. The Hall–Kier alpha value is -2.94. The zero-order valence-corrected chi connectivity index (χ0v) is 15.5. The van der Waals surface area contributed by atoms with Gasteiger partial charge < -0.3 is 19.3 Å². The highest BCUT2D eigenvalue weighted by Crippen LogP contribution is 2.38. The molecule has 8 nitrogen and oxygen atoms in total. The topological polar surface area (TPSA) is 99.4 Å². The highest BCUT2D eigenvalue weighted by atomic mass is 32.1. The van der Waals surface area contributed by atoms with Crippen LogP contribution in [0.4, 0.5) is 0 Å². The predicted octanol–water partition coefficient (Wildman–Crippen LogP) is 2.92. The molecule has 1 aromatic carbocycles. The monoisotopic (exact) mass is 386 g/mol. The molecule has 0 bridgehead atoms. The second kappa shape index (κ2) is 7.75. The molecule has 0 aliphatic heterocycles. The molecule has 2 heterocycles. The lowest BCUT2D eigenvalue weighted by Crippen LogP contribution is -2.23. The number of hydrogen-bond acceptors (Lipinski definition) is 8. The van der Waals surface area contributed by atoms with Gasteiger partial charge in [0.2, 0.25) is 5.89 Å². The number of nitrogens with zero attached hydrogens (tertiary/aromatic N) is 3. The van der Waals surface area contributed by atoms with Crippen molar-refractivity contribution in [3.8, 4) is 11.5 Å². The molecular formula is C18H18N4O4S. The zero-order chi connectivity index (χ0) is 18.6. The average molecular weight is 386 g/mol. The standard InChI is InChI=1S/C18H18N4O4S/c1-24-15-6-12(4-5-14(15)25-8-13-9-27-10-20-13)18(23)19-7-16-21-17(22-26-16)11-2-3-11/h4-6,9-11H,2-3,7-8H2,1H3,(H,19,23). The van der Waals surface area contributed by atoms with Crippen LogP contribution in [0.1, 0.15) is 46.5 Å². The summed E-state index contributed by atoms with van der Waals surface area (Å²) >= 11 is 1.51. The number of hydrogen-bond donors (Lipinski definition) is 1. The maximum absolute atomic E-state index is 12.4. The third-order valence-electron chi connectivity index (χ3n) is 4.11. The fraction of sp³-hybridized carbons (Fsp3) is 0.333. The number of amides is 1. The molecule has 0 spiro atoms. The zero-order valence-electron chi connectivity index (χ0n) is 14.7. The fourth-order valence-electron chi connectivity index (χ4n) is 2.49. The van der Waals surface area contributed by atoms with E-state index in [9.17, 15) is 4.79 Å². The minimum Gasteiger partial charge on any atom is -0.493 e. The van der Waals surface area contributed by atoms with Gasteiger partial charge in [0.15, 0.2) is 17.3 Å². The number of ether oxygens (including phenoxy) is 2. The van der Waals surface area contributed by atoms with Crippen LogP contribution in [0.3, 0.4) is 0 Å². The molecule has 1 aliphatic carbocycles. The van der Waals surface area contributed by atoms with Crippen molar-refractivity contribution in [2.75, 3.05) is 7.11 Å². The summed E-state index contributed by atoms with van der Waals surface area (Å²) in [5.74, 6) is 2.31. The van der Waals surface area contributed by atoms with E-state index in [2.05, 4.69) is 20.4 Å². The maximum Gasteiger partial charge on any atom is 0.251 e. The summed E-state index contributed by atoms with van der Waals surface area (Å²) in [6, 6.07) is 5.02. The number of carbonyl (C=O) groups excluding carboxylic acids is 1. The summed E-state index contributed by atoms with van der Waals surface area (Å²) in [6.45, 7) is 0.523. The molecule has 1 aliphatic rings. The summed E-state index contributed by atoms with van der Waals surface area (Å²) in [7, 11) is 1.53. The number of rotatable bonds is 8. The van der Waals surface area contributed by atoms with Gasteiger partial charge in [-0.3, -0.25) is 4.79 Å². The molecular weight excluding hydrogens is 368 g/mol. The van der Waals surface area contributed by atoms with Crippen molar-refractivity contribution < 1.29 is 18.8 Å². The largest absolute Gasteiger partial charge is 0.493 e. The van der Waals surface area contributed by atoms with Gasteiger partial charge in [-0.05, 0) is 31.0 Å². The average Bonchev–Trinajstić information content (AvgIpc) is 3.21. The van der Waals surface area contributed by atoms with E-state index < -0.39 is 0 Å². The minimum absolute atomic E-state index is 0.183. The SMILES string of the molecule is COc1cc(C(=O)NCc2nc(C3CC3)no2)ccc1OCc1cscn1. The van der Waals surface area contributed by atoms with Crippen LogP contribution in [0, 0.1) is 0 Å². The Morgan fingerprint density at radius 3 is 3.00 bits per heavy atom. The number of methoxy groups -OCH3 is 1. The third kappa shape index (κ3) is 4.25. The van der Waals surface area contributed by atoms with Crippen molar-refractivity contribution in [3.63, 3.8) is 0 Å². The van der Waals surface area contributed by atoms with Crippen LogP contribution in [0.25, 0.3) is 0 Å². The van der Waals surface area contributed by atoms with E-state index >= 15 is 0 Å². The summed E-state index contributed by atoms with van der Waals surface area (Å²) in [5, 5.41) is 8.62. The van der Waals surface area contributed by atoms with Crippen LogP contribution < -0.4 is 14.8 Å². The van der Waals surface area contributed by atoms with E-state index in [1.54, 1.807) is 23.7 Å². The number of nitrogens with one attached hydrogen (secondary N) is 1. The van der Waals surface area contributed by atoms with Gasteiger partial charge in [0.1, 0.15) is 6.61 Å². The van der Waals surface area contributed by atoms with E-state index in [4.69, 9.17) is 14.0 Å². The third-order valence-corrected chi connectivity index (χ3v) is 4.75. The summed E-state index contributed by atoms with van der Waals surface area (Å²) in [4.78, 5) is 20.9. The molecule has 4 rings (SSSR count). The van der Waals surface area contributed by atoms with Crippen molar-refractivity contribution in [2.24, 2.45) is 0 Å². The van der Waals surface area contributed by atoms with Gasteiger partial charge in [0.05, 0.1) is 24.9 Å². The van der Waals surface area contributed by atoms with Crippen LogP contribution in [-0.4, -0.2) is 28.1 Å². The summed E-state index contributed by atoms with van der Waals surface area (Å²) < 4.78 is 16.2. The fourth-order valence-corrected chi connectivity index (χ4v) is 3.04. The number of carbonyl (C=O) groups is 1. The van der Waals surface area contributed by atoms with Crippen molar-refractivity contribution in [1.82, 2.24) is 20.4 Å². The highest BCUT2D eigenvalue weighted by molar-refractivity contribution is 7.07. The second-order valence-corrected chi connectivity index (χ2v) is 6.86. The Morgan fingerprint density at radius 2 is 2.26 bits per heavy atom. The molecule has 1 fully saturated rings. The predicted molar refractivity (Wildman–Crippen MR) is 96.9 cm³/mol. The van der Waals surface area contributed by atoms with Crippen LogP contribution in [0.2, 0.25) is 0 Å². The number of thiazole rings is 1. The highest BCUT2D eigenvalue weighted by Gasteiger charge is 2.28. The minimum atomic E-state index is -0.259. The molecule has 27 heavy (non-hydrogen) atoms. The van der Waals surface area contributed by atoms with Crippen LogP contribution in [0.15, 0.2) is 33.6 Å². The van der Waals surface area contributed by atoms with Gasteiger partial charge in [0, 0.05) is 16.9 Å². The molecule has 0 saturated heterocycles. The van der Waals surface area contributed by atoms with Crippen LogP contribution in [-0.2, 0) is 13.2 Å². The van der Waals surface area contributed by atoms with Gasteiger partial charge in [-0.15, -0.1) is 11.3 Å². The van der Waals surface area contributed by atoms with Gasteiger partial charge in [-0.2, -0.15) is 4.98 Å². The van der Waals surface area contributed by atoms with Crippen molar-refractivity contribution >= 4 is 17.2 Å². The molecule has 1 amide bonds. The molecule has 1 saturated carbocycles. The Bertz CT molecular complexity index is 921. The molecule has 3 aromatic rings. The first-order chi connectivity index (χ1) is 13.2. The Kier molecular flexibility index (Phi) is 5.01. The lowest BCUT2D eigenvalue weighted by atomic mass is 10.2. The molecule has 9 heteroatoms.